The van der Waals surface area contributed by atoms with Crippen molar-refractivity contribution in [1.29, 1.82) is 0 Å². The van der Waals surface area contributed by atoms with Crippen molar-refractivity contribution in [2.45, 2.75) is 26.3 Å². The first kappa shape index (κ1) is 14.0. The van der Waals surface area contributed by atoms with E-state index >= 15 is 0 Å². The minimum absolute atomic E-state index is 0. The van der Waals surface area contributed by atoms with Crippen LogP contribution in [0, 0.1) is 0 Å². The van der Waals surface area contributed by atoms with Crippen LogP contribution in [0.25, 0.3) is 0 Å². The summed E-state index contributed by atoms with van der Waals surface area (Å²) in [5.74, 6) is 0. The first-order valence-corrected chi connectivity index (χ1v) is 4.22. The molecule has 0 saturated carbocycles. The molecule has 0 N–H and O–H groups in total. The summed E-state index contributed by atoms with van der Waals surface area (Å²) in [4.78, 5) is 0. The number of hydrogen-bond acceptors (Lipinski definition) is 3. The first-order chi connectivity index (χ1) is 4.15. The summed E-state index contributed by atoms with van der Waals surface area (Å²) in [5.41, 5.74) is -0.624. The molecule has 0 aromatic rings. The van der Waals surface area contributed by atoms with Crippen molar-refractivity contribution in [1.82, 2.24) is 4.31 Å². The topological polar surface area (TPSA) is 60.4 Å². The maximum atomic E-state index is 10.3. The number of rotatable bonds is 1. The van der Waals surface area contributed by atoms with Gasteiger partial charge in [-0.1, -0.05) is 0 Å². The second kappa shape index (κ2) is 3.92. The van der Waals surface area contributed by atoms with Crippen molar-refractivity contribution in [2.24, 2.45) is 0 Å². The van der Waals surface area contributed by atoms with Gasteiger partial charge in [0.1, 0.15) is 0 Å². The molecule has 6 heteroatoms. The largest absolute Gasteiger partial charge is 1.00 e. The van der Waals surface area contributed by atoms with Crippen LogP contribution in [0.4, 0.5) is 0 Å². The summed E-state index contributed by atoms with van der Waals surface area (Å²) in [6.45, 7) is 4.97. The van der Waals surface area contributed by atoms with E-state index in [-0.39, 0.29) is 18.9 Å². The van der Waals surface area contributed by atoms with Gasteiger partial charge in [-0.2, -0.15) is 0 Å². The third kappa shape index (κ3) is 4.83. The van der Waals surface area contributed by atoms with E-state index in [1.54, 1.807) is 20.8 Å². The molecule has 0 saturated heterocycles. The van der Waals surface area contributed by atoms with Gasteiger partial charge >= 0.3 is 18.9 Å². The van der Waals surface area contributed by atoms with Gasteiger partial charge < -0.3 is 4.55 Å². The van der Waals surface area contributed by atoms with E-state index in [2.05, 4.69) is 0 Å². The zero-order chi connectivity index (χ0) is 8.58. The summed E-state index contributed by atoms with van der Waals surface area (Å²) >= 11 is 0. The number of hydrogen-bond donors (Lipinski definition) is 0. The second-order valence-corrected chi connectivity index (χ2v) is 4.50. The molecule has 0 aromatic carbocycles. The molecule has 0 aliphatic carbocycles. The fourth-order valence-electron chi connectivity index (χ4n) is 0.335. The molecule has 0 heterocycles. The Bertz CT molecular complexity index is 206. The summed E-state index contributed by atoms with van der Waals surface area (Å²) in [5, 5.41) is 0. The van der Waals surface area contributed by atoms with Crippen molar-refractivity contribution in [3.05, 3.63) is 0 Å². The van der Waals surface area contributed by atoms with Crippen LogP contribution in [0.1, 0.15) is 20.8 Å². The van der Waals surface area contributed by atoms with Crippen molar-refractivity contribution in [2.75, 3.05) is 7.05 Å². The van der Waals surface area contributed by atoms with E-state index < -0.39 is 15.8 Å². The van der Waals surface area contributed by atoms with E-state index in [4.69, 9.17) is 0 Å². The van der Waals surface area contributed by atoms with Crippen LogP contribution < -0.4 is 18.9 Å². The van der Waals surface area contributed by atoms with E-state index in [9.17, 15) is 13.0 Å². The molecular formula is C5H12LiNO3S. The Morgan fingerprint density at radius 3 is 1.55 bits per heavy atom. The molecule has 0 fully saturated rings. The molecule has 0 unspecified atom stereocenters. The maximum absolute atomic E-state index is 10.3. The molecule has 4 nitrogen and oxygen atoms in total. The molecule has 11 heavy (non-hydrogen) atoms. The van der Waals surface area contributed by atoms with Crippen molar-refractivity contribution in [3.63, 3.8) is 0 Å². The van der Waals surface area contributed by atoms with Crippen LogP contribution in [0.5, 0.6) is 0 Å². The molecule has 0 amide bonds. The van der Waals surface area contributed by atoms with Gasteiger partial charge in [-0.15, -0.1) is 0 Å². The summed E-state index contributed by atoms with van der Waals surface area (Å²) in [7, 11) is -3.01. The minimum Gasteiger partial charge on any atom is -0.735 e. The molecule has 0 aliphatic rings. The summed E-state index contributed by atoms with van der Waals surface area (Å²) in [6, 6.07) is 0. The van der Waals surface area contributed by atoms with E-state index in [1.807, 2.05) is 0 Å². The molecule has 0 rings (SSSR count). The van der Waals surface area contributed by atoms with Crippen LogP contribution in [0.3, 0.4) is 0 Å². The van der Waals surface area contributed by atoms with Crippen molar-refractivity contribution >= 4 is 10.3 Å². The molecule has 0 spiro atoms. The maximum Gasteiger partial charge on any atom is 1.00 e. The number of nitrogens with zero attached hydrogens (tertiary/aromatic N) is 1. The second-order valence-electron chi connectivity index (χ2n) is 3.10. The van der Waals surface area contributed by atoms with Crippen LogP contribution in [0.15, 0.2) is 0 Å². The standard InChI is InChI=1S/C5H13NO3S.Li/c1-5(2,3)6(4)10(7,8)9;/h1-4H3,(H,7,8,9);/q;+1/p-1. The van der Waals surface area contributed by atoms with Gasteiger partial charge in [-0.25, -0.2) is 12.7 Å². The molecule has 0 aromatic heterocycles. The Morgan fingerprint density at radius 1 is 1.27 bits per heavy atom. The Kier molecular flexibility index (Phi) is 5.00. The van der Waals surface area contributed by atoms with E-state index in [1.165, 1.54) is 7.05 Å². The zero-order valence-corrected chi connectivity index (χ0v) is 8.40. The third-order valence-electron chi connectivity index (χ3n) is 1.28. The van der Waals surface area contributed by atoms with Gasteiger partial charge in [-0.3, -0.25) is 0 Å². The smallest absolute Gasteiger partial charge is 0.735 e. The molecule has 0 bridgehead atoms. The van der Waals surface area contributed by atoms with E-state index in [0.717, 1.165) is 4.31 Å². The Morgan fingerprint density at radius 2 is 1.55 bits per heavy atom. The van der Waals surface area contributed by atoms with Crippen LogP contribution in [-0.4, -0.2) is 29.9 Å². The predicted octanol–water partition coefficient (Wildman–Crippen LogP) is -2.82. The molecule has 62 valence electrons. The Hall–Kier alpha value is 0.467. The average molecular weight is 173 g/mol. The van der Waals surface area contributed by atoms with Crippen LogP contribution in [0.2, 0.25) is 0 Å². The first-order valence-electron chi connectivity index (χ1n) is 2.85. The van der Waals surface area contributed by atoms with Crippen LogP contribution >= 0.6 is 0 Å². The summed E-state index contributed by atoms with van der Waals surface area (Å²) < 4.78 is 31.8. The summed E-state index contributed by atoms with van der Waals surface area (Å²) in [6.07, 6.45) is 0. The van der Waals surface area contributed by atoms with Crippen LogP contribution in [-0.2, 0) is 10.3 Å². The Labute approximate surface area is 80.0 Å². The third-order valence-corrected chi connectivity index (χ3v) is 2.50. The van der Waals surface area contributed by atoms with Gasteiger partial charge in [-0.05, 0) is 20.8 Å². The zero-order valence-electron chi connectivity index (χ0n) is 7.58. The molecular weight excluding hydrogens is 161 g/mol. The normalized spacial score (nSPS) is 12.9. The Balaban J connectivity index is 0. The molecule has 0 radical (unpaired) electrons. The van der Waals surface area contributed by atoms with Gasteiger partial charge in [0.25, 0.3) is 0 Å². The predicted molar refractivity (Wildman–Crippen MR) is 37.2 cm³/mol. The minimum atomic E-state index is -4.28. The van der Waals surface area contributed by atoms with Crippen molar-refractivity contribution < 1.29 is 31.8 Å². The van der Waals surface area contributed by atoms with Crippen molar-refractivity contribution in [3.8, 4) is 0 Å². The quantitative estimate of drug-likeness (QED) is 0.317. The molecule has 0 aliphatic heterocycles. The van der Waals surface area contributed by atoms with Gasteiger partial charge in [0.2, 0.25) is 0 Å². The fraction of sp³-hybridized carbons (Fsp3) is 1.00. The monoisotopic (exact) mass is 173 g/mol. The fourth-order valence-corrected chi connectivity index (χ4v) is 1.01. The van der Waals surface area contributed by atoms with Gasteiger partial charge in [0.15, 0.2) is 10.3 Å². The van der Waals surface area contributed by atoms with Gasteiger partial charge in [0, 0.05) is 12.6 Å². The molecule has 0 atom stereocenters. The van der Waals surface area contributed by atoms with E-state index in [0.29, 0.717) is 0 Å². The average Bonchev–Trinajstić information content (AvgIpc) is 1.59. The SMILES string of the molecule is CN(C(C)(C)C)S(=O)(=O)[O-].[Li+]. The van der Waals surface area contributed by atoms with Gasteiger partial charge in [0.05, 0.1) is 0 Å².